The standard InChI is InChI=1S/C25H26N4O4/c26-17-27-25(33-20-9-5-2-6-10-20)29-14-12-21(22(16-29)24(31)32)23(30)28-13-11-19(15-28)18-7-3-1-4-8-18/h1-10,19,21-22H,11-16H2,(H,31,32)/b27-25-/t19-,21-,22-/m0/s1. The number of nitrogens with zero attached hydrogens (tertiary/aromatic N) is 4. The van der Waals surface area contributed by atoms with Gasteiger partial charge in [-0.1, -0.05) is 48.5 Å². The fraction of sp³-hybridized carbons (Fsp3) is 0.360. The fourth-order valence-electron chi connectivity index (χ4n) is 4.66. The monoisotopic (exact) mass is 446 g/mol. The highest BCUT2D eigenvalue weighted by Gasteiger charge is 2.43. The van der Waals surface area contributed by atoms with Crippen LogP contribution >= 0.6 is 0 Å². The fourth-order valence-corrected chi connectivity index (χ4v) is 4.66. The molecule has 33 heavy (non-hydrogen) atoms. The molecule has 170 valence electrons. The van der Waals surface area contributed by atoms with Gasteiger partial charge in [0, 0.05) is 32.1 Å². The van der Waals surface area contributed by atoms with Crippen LogP contribution in [0.3, 0.4) is 0 Å². The smallest absolute Gasteiger partial charge is 0.309 e. The average molecular weight is 447 g/mol. The molecule has 1 N–H and O–H groups in total. The number of nitriles is 1. The van der Waals surface area contributed by atoms with Gasteiger partial charge in [-0.05, 0) is 30.5 Å². The van der Waals surface area contributed by atoms with E-state index in [0.717, 1.165) is 6.42 Å². The third kappa shape index (κ3) is 5.14. The van der Waals surface area contributed by atoms with E-state index in [2.05, 4.69) is 17.1 Å². The van der Waals surface area contributed by atoms with E-state index in [-0.39, 0.29) is 24.4 Å². The third-order valence-corrected chi connectivity index (χ3v) is 6.39. The van der Waals surface area contributed by atoms with E-state index in [1.54, 1.807) is 40.3 Å². The van der Waals surface area contributed by atoms with Gasteiger partial charge < -0.3 is 19.6 Å². The summed E-state index contributed by atoms with van der Waals surface area (Å²) < 4.78 is 5.75. The molecule has 0 aliphatic carbocycles. The van der Waals surface area contributed by atoms with Gasteiger partial charge in [-0.15, -0.1) is 4.99 Å². The van der Waals surface area contributed by atoms with Crippen LogP contribution in [0.5, 0.6) is 5.75 Å². The van der Waals surface area contributed by atoms with Crippen LogP contribution in [0.1, 0.15) is 24.3 Å². The summed E-state index contributed by atoms with van der Waals surface area (Å²) >= 11 is 0. The van der Waals surface area contributed by atoms with Crippen molar-refractivity contribution in [3.8, 4) is 11.9 Å². The van der Waals surface area contributed by atoms with Crippen molar-refractivity contribution in [1.29, 1.82) is 5.26 Å². The van der Waals surface area contributed by atoms with Crippen molar-refractivity contribution < 1.29 is 19.4 Å². The molecule has 0 unspecified atom stereocenters. The molecule has 2 aliphatic rings. The van der Waals surface area contributed by atoms with E-state index in [0.29, 0.717) is 31.8 Å². The molecule has 2 aromatic carbocycles. The first-order valence-corrected chi connectivity index (χ1v) is 11.1. The number of carbonyl (C=O) groups excluding carboxylic acids is 1. The summed E-state index contributed by atoms with van der Waals surface area (Å²) in [6, 6.07) is 19.0. The molecule has 3 atom stereocenters. The number of benzene rings is 2. The molecule has 2 saturated heterocycles. The summed E-state index contributed by atoms with van der Waals surface area (Å²) in [6.07, 6.45) is 2.95. The minimum atomic E-state index is -1.03. The van der Waals surface area contributed by atoms with Crippen LogP contribution in [0.2, 0.25) is 0 Å². The number of hydrogen-bond acceptors (Lipinski definition) is 5. The maximum absolute atomic E-state index is 13.3. The van der Waals surface area contributed by atoms with Crippen molar-refractivity contribution in [2.24, 2.45) is 16.8 Å². The summed E-state index contributed by atoms with van der Waals surface area (Å²) in [6.45, 7) is 1.66. The molecule has 0 radical (unpaired) electrons. The lowest BCUT2D eigenvalue weighted by Gasteiger charge is -2.37. The second-order valence-corrected chi connectivity index (χ2v) is 8.38. The first-order valence-electron chi connectivity index (χ1n) is 11.1. The lowest BCUT2D eigenvalue weighted by atomic mass is 9.84. The summed E-state index contributed by atoms with van der Waals surface area (Å²) in [5, 5.41) is 19.0. The number of carbonyl (C=O) groups is 2. The zero-order valence-corrected chi connectivity index (χ0v) is 18.2. The van der Waals surface area contributed by atoms with Crippen molar-refractivity contribution in [1.82, 2.24) is 9.80 Å². The van der Waals surface area contributed by atoms with E-state index in [4.69, 9.17) is 10.00 Å². The summed E-state index contributed by atoms with van der Waals surface area (Å²) in [7, 11) is 0. The van der Waals surface area contributed by atoms with Crippen molar-refractivity contribution in [2.45, 2.75) is 18.8 Å². The topological polar surface area (TPSA) is 106 Å². The van der Waals surface area contributed by atoms with Gasteiger partial charge in [-0.25, -0.2) is 0 Å². The summed E-state index contributed by atoms with van der Waals surface area (Å²) in [5.41, 5.74) is 1.20. The Kier molecular flexibility index (Phi) is 6.89. The molecule has 2 aromatic rings. The highest BCUT2D eigenvalue weighted by atomic mass is 16.5. The molecule has 2 fully saturated rings. The maximum atomic E-state index is 13.3. The summed E-state index contributed by atoms with van der Waals surface area (Å²) in [4.78, 5) is 32.6. The number of piperidine rings is 1. The van der Waals surface area contributed by atoms with Crippen molar-refractivity contribution in [3.05, 3.63) is 66.2 Å². The molecule has 0 spiro atoms. The molecule has 8 nitrogen and oxygen atoms in total. The van der Waals surface area contributed by atoms with Gasteiger partial charge in [0.05, 0.1) is 11.8 Å². The molecule has 8 heteroatoms. The zero-order chi connectivity index (χ0) is 23.2. The Morgan fingerprint density at radius 3 is 2.27 bits per heavy atom. The van der Waals surface area contributed by atoms with Gasteiger partial charge in [0.2, 0.25) is 12.1 Å². The SMILES string of the molecule is N#C/N=C(\Oc1ccccc1)N1CC[C@H](C(=O)N2CC[C@H](c3ccccc3)C2)[C@@H](C(=O)O)C1. The van der Waals surface area contributed by atoms with E-state index in [1.165, 1.54) is 5.56 Å². The minimum absolute atomic E-state index is 0.0474. The second-order valence-electron chi connectivity index (χ2n) is 8.38. The molecule has 4 rings (SSSR count). The number of carboxylic acid groups (broad SMARTS) is 1. The number of amides is 1. The number of likely N-dealkylation sites (tertiary alicyclic amines) is 2. The maximum Gasteiger partial charge on any atom is 0.309 e. The van der Waals surface area contributed by atoms with Crippen LogP contribution in [-0.4, -0.2) is 59.0 Å². The Bertz CT molecular complexity index is 1050. The molecular formula is C25H26N4O4. The lowest BCUT2D eigenvalue weighted by Crippen LogP contribution is -2.52. The normalized spacial score (nSPS) is 23.1. The number of amidine groups is 1. The largest absolute Gasteiger partial charge is 0.481 e. The van der Waals surface area contributed by atoms with E-state index >= 15 is 0 Å². The van der Waals surface area contributed by atoms with E-state index in [9.17, 15) is 14.7 Å². The van der Waals surface area contributed by atoms with Gasteiger partial charge >= 0.3 is 12.0 Å². The molecule has 2 aliphatic heterocycles. The average Bonchev–Trinajstić information content (AvgIpc) is 3.34. The Morgan fingerprint density at radius 2 is 1.61 bits per heavy atom. The number of aliphatic imine (C=N–C) groups is 1. The van der Waals surface area contributed by atoms with Crippen molar-refractivity contribution in [3.63, 3.8) is 0 Å². The second kappa shape index (κ2) is 10.2. The summed E-state index contributed by atoms with van der Waals surface area (Å²) in [5.74, 6) is -1.90. The van der Waals surface area contributed by atoms with Crippen LogP contribution in [0.15, 0.2) is 65.7 Å². The van der Waals surface area contributed by atoms with Gasteiger partial charge in [0.25, 0.3) is 0 Å². The minimum Gasteiger partial charge on any atom is -0.481 e. The zero-order valence-electron chi connectivity index (χ0n) is 18.2. The molecule has 0 saturated carbocycles. The van der Waals surface area contributed by atoms with Gasteiger partial charge in [-0.2, -0.15) is 5.26 Å². The van der Waals surface area contributed by atoms with Crippen molar-refractivity contribution in [2.75, 3.05) is 26.2 Å². The Morgan fingerprint density at radius 1 is 0.939 bits per heavy atom. The molecule has 2 heterocycles. The molecular weight excluding hydrogens is 420 g/mol. The Hall–Kier alpha value is -3.86. The number of hydrogen-bond donors (Lipinski definition) is 1. The molecule has 0 aromatic heterocycles. The molecule has 1 amide bonds. The number of ether oxygens (including phenoxy) is 1. The number of rotatable bonds is 4. The predicted octanol–water partition coefficient (Wildman–Crippen LogP) is 2.94. The number of aliphatic carboxylic acids is 1. The number of carboxylic acids is 1. The van der Waals surface area contributed by atoms with Crippen molar-refractivity contribution >= 4 is 17.9 Å². The quantitative estimate of drug-likeness (QED) is 0.440. The van der Waals surface area contributed by atoms with Crippen LogP contribution < -0.4 is 4.74 Å². The van der Waals surface area contributed by atoms with Crippen LogP contribution in [0.25, 0.3) is 0 Å². The molecule has 0 bridgehead atoms. The van der Waals surface area contributed by atoms with Gasteiger partial charge in [0.1, 0.15) is 5.75 Å². The number of para-hydroxylation sites is 1. The predicted molar refractivity (Wildman–Crippen MR) is 121 cm³/mol. The van der Waals surface area contributed by atoms with E-state index < -0.39 is 17.8 Å². The highest BCUT2D eigenvalue weighted by Crippen LogP contribution is 2.32. The van der Waals surface area contributed by atoms with Gasteiger partial charge in [0.15, 0.2) is 0 Å². The Labute approximate surface area is 192 Å². The van der Waals surface area contributed by atoms with Crippen LogP contribution in [-0.2, 0) is 9.59 Å². The first-order chi connectivity index (χ1) is 16.1. The van der Waals surface area contributed by atoms with Crippen LogP contribution in [0, 0.1) is 23.3 Å². The van der Waals surface area contributed by atoms with E-state index in [1.807, 2.05) is 24.3 Å². The van der Waals surface area contributed by atoms with Crippen LogP contribution in [0.4, 0.5) is 0 Å². The third-order valence-electron chi connectivity index (χ3n) is 6.39. The van der Waals surface area contributed by atoms with Gasteiger partial charge in [-0.3, -0.25) is 9.59 Å². The Balaban J connectivity index is 1.44. The lowest BCUT2D eigenvalue weighted by molar-refractivity contribution is -0.152. The first kappa shape index (κ1) is 22.3. The highest BCUT2D eigenvalue weighted by molar-refractivity contribution is 5.86.